The fourth-order valence-corrected chi connectivity index (χ4v) is 4.18. The van der Waals surface area contributed by atoms with E-state index in [-0.39, 0.29) is 23.3 Å². The Hall–Kier alpha value is -2.89. The van der Waals surface area contributed by atoms with E-state index in [0.717, 1.165) is 44.3 Å². The predicted molar refractivity (Wildman–Crippen MR) is 107 cm³/mol. The second-order valence-electron chi connectivity index (χ2n) is 7.63. The second kappa shape index (κ2) is 8.00. The Morgan fingerprint density at radius 3 is 2.46 bits per heavy atom. The van der Waals surface area contributed by atoms with E-state index in [0.29, 0.717) is 24.3 Å². The first-order valence-corrected chi connectivity index (χ1v) is 10.00. The van der Waals surface area contributed by atoms with Crippen LogP contribution in [0.25, 0.3) is 11.3 Å². The fourth-order valence-electron chi connectivity index (χ4n) is 4.18. The average Bonchev–Trinajstić information content (AvgIpc) is 3.28. The minimum atomic E-state index is -0.173. The number of aromatic amines is 1. The van der Waals surface area contributed by atoms with Crippen molar-refractivity contribution in [1.82, 2.24) is 14.8 Å². The van der Waals surface area contributed by atoms with Gasteiger partial charge < -0.3 is 14.8 Å². The van der Waals surface area contributed by atoms with Crippen molar-refractivity contribution in [3.05, 3.63) is 58.4 Å². The molecular weight excluding hydrogens is 354 g/mol. The van der Waals surface area contributed by atoms with Gasteiger partial charge in [0.25, 0.3) is 5.91 Å². The summed E-state index contributed by atoms with van der Waals surface area (Å²) in [5, 5.41) is 0. The van der Waals surface area contributed by atoms with E-state index in [9.17, 15) is 14.4 Å². The highest BCUT2D eigenvalue weighted by Gasteiger charge is 2.32. The number of H-pyrrole nitrogens is 1. The van der Waals surface area contributed by atoms with Gasteiger partial charge in [-0.3, -0.25) is 14.4 Å². The summed E-state index contributed by atoms with van der Waals surface area (Å²) < 4.78 is 0. The number of pyridine rings is 1. The number of nitrogens with one attached hydrogen (secondary N) is 1. The Labute approximate surface area is 164 Å². The van der Waals surface area contributed by atoms with E-state index in [1.807, 2.05) is 23.1 Å². The molecule has 1 atom stereocenters. The highest BCUT2D eigenvalue weighted by atomic mass is 16.2. The second-order valence-corrected chi connectivity index (χ2v) is 7.63. The van der Waals surface area contributed by atoms with E-state index < -0.39 is 0 Å². The third kappa shape index (κ3) is 3.86. The van der Waals surface area contributed by atoms with E-state index >= 15 is 0 Å². The SMILES string of the molecule is O=C(c1cccc(-c2cccc(=O)[nH]2)c1)N1CCC[C@H](C(=O)N2CCCC2)C1. The van der Waals surface area contributed by atoms with E-state index in [2.05, 4.69) is 4.98 Å². The Balaban J connectivity index is 1.50. The lowest BCUT2D eigenvalue weighted by atomic mass is 9.95. The third-order valence-electron chi connectivity index (χ3n) is 5.66. The van der Waals surface area contributed by atoms with Crippen LogP contribution in [0.1, 0.15) is 36.0 Å². The maximum Gasteiger partial charge on any atom is 0.253 e. The van der Waals surface area contributed by atoms with Crippen LogP contribution in [0.4, 0.5) is 0 Å². The number of hydrogen-bond acceptors (Lipinski definition) is 3. The van der Waals surface area contributed by atoms with Gasteiger partial charge in [-0.05, 0) is 49.4 Å². The maximum absolute atomic E-state index is 13.1. The summed E-state index contributed by atoms with van der Waals surface area (Å²) in [6, 6.07) is 12.3. The van der Waals surface area contributed by atoms with Gasteiger partial charge in [0.2, 0.25) is 11.5 Å². The van der Waals surface area contributed by atoms with E-state index in [1.165, 1.54) is 6.07 Å². The van der Waals surface area contributed by atoms with Gasteiger partial charge in [-0.15, -0.1) is 0 Å². The molecule has 2 saturated heterocycles. The van der Waals surface area contributed by atoms with Crippen molar-refractivity contribution in [3.63, 3.8) is 0 Å². The topological polar surface area (TPSA) is 73.5 Å². The number of benzene rings is 1. The quantitative estimate of drug-likeness (QED) is 0.891. The molecule has 2 amide bonds. The molecule has 0 unspecified atom stereocenters. The molecule has 2 aromatic rings. The predicted octanol–water partition coefficient (Wildman–Crippen LogP) is 2.52. The molecule has 3 heterocycles. The van der Waals surface area contributed by atoms with Crippen molar-refractivity contribution < 1.29 is 9.59 Å². The molecule has 6 heteroatoms. The molecule has 0 spiro atoms. The summed E-state index contributed by atoms with van der Waals surface area (Å²) in [5.41, 5.74) is 1.89. The van der Waals surface area contributed by atoms with Gasteiger partial charge in [0, 0.05) is 43.5 Å². The Bertz CT molecular complexity index is 930. The van der Waals surface area contributed by atoms with Gasteiger partial charge in [-0.25, -0.2) is 0 Å². The third-order valence-corrected chi connectivity index (χ3v) is 5.66. The van der Waals surface area contributed by atoms with Crippen LogP contribution < -0.4 is 5.56 Å². The minimum absolute atomic E-state index is 0.0564. The summed E-state index contributed by atoms with van der Waals surface area (Å²) in [7, 11) is 0. The number of hydrogen-bond donors (Lipinski definition) is 1. The lowest BCUT2D eigenvalue weighted by Crippen LogP contribution is -2.46. The lowest BCUT2D eigenvalue weighted by Gasteiger charge is -2.34. The van der Waals surface area contributed by atoms with Crippen molar-refractivity contribution in [2.24, 2.45) is 5.92 Å². The zero-order chi connectivity index (χ0) is 19.5. The van der Waals surface area contributed by atoms with Crippen LogP contribution in [0.5, 0.6) is 0 Å². The summed E-state index contributed by atoms with van der Waals surface area (Å²) in [6.07, 6.45) is 3.86. The molecule has 1 N–H and O–H groups in total. The van der Waals surface area contributed by atoms with Crippen molar-refractivity contribution in [2.75, 3.05) is 26.2 Å². The molecule has 0 radical (unpaired) electrons. The molecule has 0 bridgehead atoms. The average molecular weight is 379 g/mol. The first-order chi connectivity index (χ1) is 13.6. The first-order valence-electron chi connectivity index (χ1n) is 10.00. The zero-order valence-electron chi connectivity index (χ0n) is 15.9. The standard InChI is InChI=1S/C22H25N3O3/c26-20-10-4-9-19(23-20)16-6-3-7-17(14-16)21(27)25-13-5-8-18(15-25)22(28)24-11-1-2-12-24/h3-4,6-7,9-10,14,18H,1-2,5,8,11-13,15H2,(H,23,26)/t18-/m0/s1. The molecule has 1 aromatic carbocycles. The van der Waals surface area contributed by atoms with Crippen LogP contribution >= 0.6 is 0 Å². The van der Waals surface area contributed by atoms with Crippen LogP contribution in [0, 0.1) is 5.92 Å². The molecule has 146 valence electrons. The van der Waals surface area contributed by atoms with Gasteiger partial charge in [0.15, 0.2) is 0 Å². The number of carbonyl (C=O) groups excluding carboxylic acids is 2. The van der Waals surface area contributed by atoms with Gasteiger partial charge in [0.1, 0.15) is 0 Å². The van der Waals surface area contributed by atoms with Crippen molar-refractivity contribution in [2.45, 2.75) is 25.7 Å². The Morgan fingerprint density at radius 2 is 1.68 bits per heavy atom. The van der Waals surface area contributed by atoms with E-state index in [1.54, 1.807) is 23.1 Å². The number of rotatable bonds is 3. The number of nitrogens with zero attached hydrogens (tertiary/aromatic N) is 2. The zero-order valence-corrected chi connectivity index (χ0v) is 15.9. The lowest BCUT2D eigenvalue weighted by molar-refractivity contribution is -0.135. The highest BCUT2D eigenvalue weighted by molar-refractivity contribution is 5.96. The molecule has 1 aromatic heterocycles. The normalized spacial score (nSPS) is 19.6. The molecule has 2 fully saturated rings. The van der Waals surface area contributed by atoms with Gasteiger partial charge in [0.05, 0.1) is 5.92 Å². The van der Waals surface area contributed by atoms with Crippen LogP contribution in [-0.4, -0.2) is 52.8 Å². The van der Waals surface area contributed by atoms with Crippen LogP contribution in [0.2, 0.25) is 0 Å². The maximum atomic E-state index is 13.1. The smallest absolute Gasteiger partial charge is 0.253 e. The van der Waals surface area contributed by atoms with Crippen LogP contribution in [0.15, 0.2) is 47.3 Å². The number of piperidine rings is 1. The van der Waals surface area contributed by atoms with E-state index in [4.69, 9.17) is 0 Å². The summed E-state index contributed by atoms with van der Waals surface area (Å²) in [6.45, 7) is 2.86. The molecule has 0 aliphatic carbocycles. The van der Waals surface area contributed by atoms with Gasteiger partial charge in [-0.1, -0.05) is 18.2 Å². The van der Waals surface area contributed by atoms with Crippen molar-refractivity contribution in [1.29, 1.82) is 0 Å². The van der Waals surface area contributed by atoms with Gasteiger partial charge in [-0.2, -0.15) is 0 Å². The molecule has 2 aliphatic heterocycles. The van der Waals surface area contributed by atoms with Crippen LogP contribution in [0.3, 0.4) is 0 Å². The molecule has 28 heavy (non-hydrogen) atoms. The summed E-state index contributed by atoms with van der Waals surface area (Å²) in [5.74, 6) is 0.0501. The monoisotopic (exact) mass is 379 g/mol. The number of likely N-dealkylation sites (tertiary alicyclic amines) is 2. The molecule has 0 saturated carbocycles. The highest BCUT2D eigenvalue weighted by Crippen LogP contribution is 2.24. The van der Waals surface area contributed by atoms with Crippen LogP contribution in [-0.2, 0) is 4.79 Å². The number of aromatic nitrogens is 1. The summed E-state index contributed by atoms with van der Waals surface area (Å²) >= 11 is 0. The first kappa shape index (κ1) is 18.5. The number of amides is 2. The molecule has 2 aliphatic rings. The Morgan fingerprint density at radius 1 is 0.929 bits per heavy atom. The largest absolute Gasteiger partial charge is 0.342 e. The Kier molecular flexibility index (Phi) is 5.28. The van der Waals surface area contributed by atoms with Crippen molar-refractivity contribution in [3.8, 4) is 11.3 Å². The molecule has 6 nitrogen and oxygen atoms in total. The molecule has 4 rings (SSSR count). The fraction of sp³-hybridized carbons (Fsp3) is 0.409. The minimum Gasteiger partial charge on any atom is -0.342 e. The van der Waals surface area contributed by atoms with Crippen molar-refractivity contribution >= 4 is 11.8 Å². The summed E-state index contributed by atoms with van der Waals surface area (Å²) in [4.78, 5) is 43.9. The molecular formula is C22H25N3O3. The number of carbonyl (C=O) groups is 2. The van der Waals surface area contributed by atoms with Gasteiger partial charge >= 0.3 is 0 Å².